The van der Waals surface area contributed by atoms with E-state index in [1.807, 2.05) is 0 Å². The summed E-state index contributed by atoms with van der Waals surface area (Å²) in [5, 5.41) is 6.49. The van der Waals surface area contributed by atoms with Gasteiger partial charge >= 0.3 is 0 Å². The third-order valence-electron chi connectivity index (χ3n) is 1.14. The van der Waals surface area contributed by atoms with Crippen LogP contribution in [0.4, 0.5) is 5.95 Å². The lowest BCUT2D eigenvalue weighted by Gasteiger charge is -1.96. The van der Waals surface area contributed by atoms with E-state index in [9.17, 15) is 0 Å². The predicted octanol–water partition coefficient (Wildman–Crippen LogP) is 0.585. The third-order valence-corrected chi connectivity index (χ3v) is 1.14. The topological polar surface area (TPSA) is 67.6 Å². The first-order chi connectivity index (χ1) is 4.68. The van der Waals surface area contributed by atoms with Crippen LogP contribution in [0.25, 0.3) is 0 Å². The van der Waals surface area contributed by atoms with Crippen molar-refractivity contribution in [2.75, 3.05) is 5.73 Å². The van der Waals surface area contributed by atoms with Gasteiger partial charge in [-0.1, -0.05) is 13.8 Å². The van der Waals surface area contributed by atoms with Crippen molar-refractivity contribution in [1.29, 1.82) is 0 Å². The van der Waals surface area contributed by atoms with Crippen LogP contribution in [0.5, 0.6) is 0 Å². The molecule has 4 nitrogen and oxygen atoms in total. The molecule has 0 saturated carbocycles. The third kappa shape index (κ3) is 1.72. The summed E-state index contributed by atoms with van der Waals surface area (Å²) in [4.78, 5) is 3.96. The Morgan fingerprint density at radius 2 is 2.30 bits per heavy atom. The number of H-pyrrole nitrogens is 1. The minimum atomic E-state index is 0.399. The molecule has 0 aliphatic heterocycles. The molecule has 1 aromatic heterocycles. The first-order valence-electron chi connectivity index (χ1n) is 3.35. The Hall–Kier alpha value is -1.06. The van der Waals surface area contributed by atoms with Crippen molar-refractivity contribution in [2.45, 2.75) is 20.3 Å². The highest BCUT2D eigenvalue weighted by molar-refractivity contribution is 5.12. The van der Waals surface area contributed by atoms with Crippen LogP contribution >= 0.6 is 0 Å². The summed E-state index contributed by atoms with van der Waals surface area (Å²) in [5.41, 5.74) is 5.33. The Morgan fingerprint density at radius 3 is 2.70 bits per heavy atom. The van der Waals surface area contributed by atoms with E-state index in [4.69, 9.17) is 5.73 Å². The van der Waals surface area contributed by atoms with E-state index in [0.717, 1.165) is 12.2 Å². The highest BCUT2D eigenvalue weighted by Crippen LogP contribution is 2.02. The van der Waals surface area contributed by atoms with E-state index in [1.54, 1.807) is 0 Å². The van der Waals surface area contributed by atoms with Crippen LogP contribution in [0.2, 0.25) is 0 Å². The van der Waals surface area contributed by atoms with Crippen molar-refractivity contribution < 1.29 is 0 Å². The minimum Gasteiger partial charge on any atom is -0.368 e. The highest BCUT2D eigenvalue weighted by atomic mass is 15.3. The van der Waals surface area contributed by atoms with Crippen molar-refractivity contribution in [1.82, 2.24) is 15.2 Å². The molecule has 0 saturated heterocycles. The van der Waals surface area contributed by atoms with Crippen molar-refractivity contribution in [3.8, 4) is 0 Å². The van der Waals surface area contributed by atoms with Crippen molar-refractivity contribution in [3.63, 3.8) is 0 Å². The van der Waals surface area contributed by atoms with Crippen LogP contribution in [-0.4, -0.2) is 15.2 Å². The zero-order valence-electron chi connectivity index (χ0n) is 6.26. The fourth-order valence-electron chi connectivity index (χ4n) is 0.767. The summed E-state index contributed by atoms with van der Waals surface area (Å²) in [6.07, 6.45) is 0.883. The normalized spacial score (nSPS) is 10.7. The molecule has 0 unspecified atom stereocenters. The molecule has 0 aliphatic carbocycles. The lowest BCUT2D eigenvalue weighted by Crippen LogP contribution is -1.96. The van der Waals surface area contributed by atoms with Crippen LogP contribution in [0.3, 0.4) is 0 Å². The van der Waals surface area contributed by atoms with Gasteiger partial charge < -0.3 is 5.73 Å². The molecule has 0 aromatic carbocycles. The SMILES string of the molecule is CC(C)Cc1n[nH]c(N)n1. The number of nitrogen functional groups attached to an aromatic ring is 1. The van der Waals surface area contributed by atoms with Gasteiger partial charge in [-0.15, -0.1) is 0 Å². The highest BCUT2D eigenvalue weighted by Gasteiger charge is 2.01. The van der Waals surface area contributed by atoms with Crippen molar-refractivity contribution in [3.05, 3.63) is 5.82 Å². The number of nitrogens with two attached hydrogens (primary N) is 1. The molecule has 1 aromatic rings. The van der Waals surface area contributed by atoms with Gasteiger partial charge in [0.15, 0.2) is 5.82 Å². The molecule has 0 atom stereocenters. The summed E-state index contributed by atoms with van der Waals surface area (Å²) in [6.45, 7) is 4.24. The number of nitrogens with one attached hydrogen (secondary N) is 1. The Balaban J connectivity index is 2.58. The average Bonchev–Trinajstić information content (AvgIpc) is 2.13. The number of hydrogen-bond donors (Lipinski definition) is 2. The number of aromatic amines is 1. The lowest BCUT2D eigenvalue weighted by molar-refractivity contribution is 0.623. The van der Waals surface area contributed by atoms with Gasteiger partial charge in [-0.2, -0.15) is 10.1 Å². The lowest BCUT2D eigenvalue weighted by atomic mass is 10.1. The molecular weight excluding hydrogens is 128 g/mol. The monoisotopic (exact) mass is 140 g/mol. The summed E-state index contributed by atoms with van der Waals surface area (Å²) >= 11 is 0. The maximum atomic E-state index is 5.33. The second kappa shape index (κ2) is 2.68. The van der Waals surface area contributed by atoms with Crippen LogP contribution in [0.1, 0.15) is 19.7 Å². The zero-order chi connectivity index (χ0) is 7.56. The minimum absolute atomic E-state index is 0.399. The largest absolute Gasteiger partial charge is 0.368 e. The summed E-state index contributed by atoms with van der Waals surface area (Å²) in [6, 6.07) is 0. The van der Waals surface area contributed by atoms with E-state index in [1.165, 1.54) is 0 Å². The fraction of sp³-hybridized carbons (Fsp3) is 0.667. The van der Waals surface area contributed by atoms with Gasteiger partial charge in [0, 0.05) is 6.42 Å². The van der Waals surface area contributed by atoms with Gasteiger partial charge in [0.05, 0.1) is 0 Å². The van der Waals surface area contributed by atoms with Gasteiger partial charge in [0.1, 0.15) is 0 Å². The van der Waals surface area contributed by atoms with Crippen LogP contribution in [-0.2, 0) is 6.42 Å². The van der Waals surface area contributed by atoms with E-state index >= 15 is 0 Å². The number of rotatable bonds is 2. The maximum absolute atomic E-state index is 5.33. The number of aromatic nitrogens is 3. The zero-order valence-corrected chi connectivity index (χ0v) is 6.26. The molecule has 0 radical (unpaired) electrons. The molecule has 3 N–H and O–H groups in total. The first kappa shape index (κ1) is 7.05. The molecule has 56 valence electrons. The number of hydrogen-bond acceptors (Lipinski definition) is 3. The first-order valence-corrected chi connectivity index (χ1v) is 3.35. The molecule has 1 rings (SSSR count). The Labute approximate surface area is 59.8 Å². The smallest absolute Gasteiger partial charge is 0.216 e. The molecular formula is C6H12N4. The van der Waals surface area contributed by atoms with Crippen LogP contribution in [0.15, 0.2) is 0 Å². The molecule has 0 spiro atoms. The molecule has 0 bridgehead atoms. The van der Waals surface area contributed by atoms with Crippen LogP contribution < -0.4 is 5.73 Å². The molecule has 4 heteroatoms. The second-order valence-electron chi connectivity index (χ2n) is 2.73. The van der Waals surface area contributed by atoms with Gasteiger partial charge in [-0.25, -0.2) is 5.10 Å². The van der Waals surface area contributed by atoms with E-state index < -0.39 is 0 Å². The average molecular weight is 140 g/mol. The summed E-state index contributed by atoms with van der Waals surface area (Å²) in [5.74, 6) is 1.78. The van der Waals surface area contributed by atoms with Crippen LogP contribution in [0, 0.1) is 5.92 Å². The second-order valence-corrected chi connectivity index (χ2v) is 2.73. The Bertz CT molecular complexity index is 203. The van der Waals surface area contributed by atoms with Gasteiger partial charge in [0.2, 0.25) is 5.95 Å². The molecule has 10 heavy (non-hydrogen) atoms. The molecule has 0 fully saturated rings. The van der Waals surface area contributed by atoms with E-state index in [-0.39, 0.29) is 0 Å². The Kier molecular flexibility index (Phi) is 1.89. The predicted molar refractivity (Wildman–Crippen MR) is 39.3 cm³/mol. The quantitative estimate of drug-likeness (QED) is 0.631. The van der Waals surface area contributed by atoms with Gasteiger partial charge in [0.25, 0.3) is 0 Å². The standard InChI is InChI=1S/C6H12N4/c1-4(2)3-5-8-6(7)10-9-5/h4H,3H2,1-2H3,(H3,7,8,9,10). The molecule has 1 heterocycles. The van der Waals surface area contributed by atoms with Gasteiger partial charge in [-0.3, -0.25) is 0 Å². The van der Waals surface area contributed by atoms with E-state index in [2.05, 4.69) is 29.0 Å². The van der Waals surface area contributed by atoms with E-state index in [0.29, 0.717) is 11.9 Å². The number of anilines is 1. The number of nitrogens with zero attached hydrogens (tertiary/aromatic N) is 2. The van der Waals surface area contributed by atoms with Crippen molar-refractivity contribution >= 4 is 5.95 Å². The maximum Gasteiger partial charge on any atom is 0.216 e. The molecule has 0 amide bonds. The van der Waals surface area contributed by atoms with Gasteiger partial charge in [-0.05, 0) is 5.92 Å². The fourth-order valence-corrected chi connectivity index (χ4v) is 0.767. The molecule has 0 aliphatic rings. The Morgan fingerprint density at radius 1 is 1.60 bits per heavy atom. The van der Waals surface area contributed by atoms with Crippen molar-refractivity contribution in [2.24, 2.45) is 5.92 Å². The summed E-state index contributed by atoms with van der Waals surface area (Å²) in [7, 11) is 0. The summed E-state index contributed by atoms with van der Waals surface area (Å²) < 4.78 is 0.